The van der Waals surface area contributed by atoms with Crippen LogP contribution < -0.4 is 0 Å². The highest BCUT2D eigenvalue weighted by Crippen LogP contribution is 2.16. The van der Waals surface area contributed by atoms with Crippen LogP contribution in [0.15, 0.2) is 36.5 Å². The van der Waals surface area contributed by atoms with Gasteiger partial charge in [-0.1, -0.05) is 231 Å². The van der Waals surface area contributed by atoms with E-state index in [0.717, 1.165) is 89.9 Å². The van der Waals surface area contributed by atoms with Gasteiger partial charge in [-0.05, 0) is 70.6 Å². The van der Waals surface area contributed by atoms with E-state index in [2.05, 4.69) is 57.2 Å². The van der Waals surface area contributed by atoms with Gasteiger partial charge in [0.25, 0.3) is 0 Å². The Morgan fingerprint density at radius 3 is 0.984 bits per heavy atom. The Morgan fingerprint density at radius 1 is 0.323 bits per heavy atom. The van der Waals surface area contributed by atoms with Gasteiger partial charge in [0.05, 0.1) is 0 Å². The second-order valence-corrected chi connectivity index (χ2v) is 18.1. The number of ether oxygens (including phenoxy) is 3. The van der Waals surface area contributed by atoms with E-state index < -0.39 is 6.10 Å². The van der Waals surface area contributed by atoms with Gasteiger partial charge in [-0.2, -0.15) is 0 Å². The van der Waals surface area contributed by atoms with Crippen molar-refractivity contribution in [2.45, 2.75) is 290 Å². The number of allylic oxidation sites excluding steroid dienone is 6. The van der Waals surface area contributed by atoms with E-state index in [1.165, 1.54) is 154 Å². The van der Waals surface area contributed by atoms with Gasteiger partial charge in [0, 0.05) is 19.3 Å². The summed E-state index contributed by atoms with van der Waals surface area (Å²) in [6.45, 7) is 6.58. The monoisotopic (exact) mass is 871 g/mol. The second kappa shape index (κ2) is 51.3. The molecule has 0 heterocycles. The van der Waals surface area contributed by atoms with Crippen LogP contribution in [0.5, 0.6) is 0 Å². The zero-order chi connectivity index (χ0) is 45.1. The lowest BCUT2D eigenvalue weighted by Gasteiger charge is -2.18. The first kappa shape index (κ1) is 59.6. The van der Waals surface area contributed by atoms with Gasteiger partial charge in [0.1, 0.15) is 13.2 Å². The SMILES string of the molecule is CCCC/C=C\C/C=C\CCCCCCCC(=O)OC(COC(=O)CCCCCCC/C=C\CCCCC)COC(=O)CCCCCCCCCCCCCCCCCCCC. The summed E-state index contributed by atoms with van der Waals surface area (Å²) in [6, 6.07) is 0. The Hall–Kier alpha value is -2.37. The molecule has 0 saturated heterocycles. The summed E-state index contributed by atoms with van der Waals surface area (Å²) in [5, 5.41) is 0. The molecule has 62 heavy (non-hydrogen) atoms. The Balaban J connectivity index is 4.33. The lowest BCUT2D eigenvalue weighted by Crippen LogP contribution is -2.30. The Labute approximate surface area is 385 Å². The van der Waals surface area contributed by atoms with Crippen molar-refractivity contribution in [3.63, 3.8) is 0 Å². The summed E-state index contributed by atoms with van der Waals surface area (Å²) in [6.07, 6.45) is 59.8. The fourth-order valence-corrected chi connectivity index (χ4v) is 7.75. The second-order valence-electron chi connectivity index (χ2n) is 18.1. The molecule has 1 unspecified atom stereocenters. The number of hydrogen-bond acceptors (Lipinski definition) is 6. The summed E-state index contributed by atoms with van der Waals surface area (Å²) >= 11 is 0. The number of rotatable bonds is 49. The fourth-order valence-electron chi connectivity index (χ4n) is 7.75. The van der Waals surface area contributed by atoms with Crippen molar-refractivity contribution >= 4 is 17.9 Å². The summed E-state index contributed by atoms with van der Waals surface area (Å²) in [5.41, 5.74) is 0. The van der Waals surface area contributed by atoms with Crippen molar-refractivity contribution in [2.75, 3.05) is 13.2 Å². The first-order chi connectivity index (χ1) is 30.5. The van der Waals surface area contributed by atoms with Crippen LogP contribution in [0.4, 0.5) is 0 Å². The Kier molecular flexibility index (Phi) is 49.3. The van der Waals surface area contributed by atoms with Crippen LogP contribution in [-0.2, 0) is 28.6 Å². The summed E-state index contributed by atoms with van der Waals surface area (Å²) in [5.74, 6) is -0.889. The predicted octanol–water partition coefficient (Wildman–Crippen LogP) is 17.7. The van der Waals surface area contributed by atoms with Crippen LogP contribution in [0.25, 0.3) is 0 Å². The maximum atomic E-state index is 12.8. The topological polar surface area (TPSA) is 78.9 Å². The highest BCUT2D eigenvalue weighted by molar-refractivity contribution is 5.71. The van der Waals surface area contributed by atoms with Gasteiger partial charge >= 0.3 is 17.9 Å². The van der Waals surface area contributed by atoms with Gasteiger partial charge in [-0.25, -0.2) is 0 Å². The maximum absolute atomic E-state index is 12.8. The molecule has 0 spiro atoms. The van der Waals surface area contributed by atoms with Gasteiger partial charge in [0.15, 0.2) is 6.10 Å². The van der Waals surface area contributed by atoms with Crippen LogP contribution in [0.1, 0.15) is 284 Å². The predicted molar refractivity (Wildman–Crippen MR) is 266 cm³/mol. The van der Waals surface area contributed by atoms with Crippen LogP contribution in [0, 0.1) is 0 Å². The van der Waals surface area contributed by atoms with Crippen LogP contribution in [0.3, 0.4) is 0 Å². The van der Waals surface area contributed by atoms with E-state index in [1.807, 2.05) is 0 Å². The molecule has 0 aliphatic rings. The molecule has 0 aromatic carbocycles. The molecule has 0 rings (SSSR count). The molecular weight excluding hydrogens is 769 g/mol. The molecule has 0 aromatic heterocycles. The molecule has 0 aliphatic heterocycles. The van der Waals surface area contributed by atoms with Gasteiger partial charge in [-0.15, -0.1) is 0 Å². The summed E-state index contributed by atoms with van der Waals surface area (Å²) < 4.78 is 16.8. The molecule has 6 nitrogen and oxygen atoms in total. The van der Waals surface area contributed by atoms with E-state index in [0.29, 0.717) is 19.3 Å². The van der Waals surface area contributed by atoms with Crippen molar-refractivity contribution in [2.24, 2.45) is 0 Å². The molecule has 6 heteroatoms. The zero-order valence-electron chi connectivity index (χ0n) is 41.4. The molecule has 0 bridgehead atoms. The number of carbonyl (C=O) groups excluding carboxylic acids is 3. The average Bonchev–Trinajstić information content (AvgIpc) is 3.27. The standard InChI is InChI=1S/C56H102O6/c1-4-7-10-13-16-19-22-25-27-28-29-30-32-34-37-40-43-46-49-55(58)61-52-53(51-60-54(57)48-45-42-39-36-33-24-21-18-15-12-9-6-3)62-56(59)50-47-44-41-38-35-31-26-23-20-17-14-11-8-5-2/h14,17-18,21,23,26,53H,4-13,15-16,19-20,22,24-25,27-52H2,1-3H3/b17-14-,21-18-,26-23-. The largest absolute Gasteiger partial charge is 0.462 e. The van der Waals surface area contributed by atoms with Crippen molar-refractivity contribution in [1.82, 2.24) is 0 Å². The maximum Gasteiger partial charge on any atom is 0.306 e. The Morgan fingerprint density at radius 2 is 0.597 bits per heavy atom. The molecule has 0 radical (unpaired) electrons. The smallest absolute Gasteiger partial charge is 0.306 e. The lowest BCUT2D eigenvalue weighted by atomic mass is 10.0. The molecule has 0 amide bonds. The van der Waals surface area contributed by atoms with Crippen LogP contribution >= 0.6 is 0 Å². The molecule has 0 fully saturated rings. The van der Waals surface area contributed by atoms with E-state index in [4.69, 9.17) is 14.2 Å². The lowest BCUT2D eigenvalue weighted by molar-refractivity contribution is -0.167. The van der Waals surface area contributed by atoms with E-state index >= 15 is 0 Å². The van der Waals surface area contributed by atoms with Crippen molar-refractivity contribution in [3.05, 3.63) is 36.5 Å². The summed E-state index contributed by atoms with van der Waals surface area (Å²) in [4.78, 5) is 38.0. The number of carbonyl (C=O) groups is 3. The molecular formula is C56H102O6. The van der Waals surface area contributed by atoms with Gasteiger partial charge in [0.2, 0.25) is 0 Å². The molecule has 0 aromatic rings. The normalized spacial score (nSPS) is 12.2. The number of esters is 3. The van der Waals surface area contributed by atoms with Crippen LogP contribution in [-0.4, -0.2) is 37.2 Å². The first-order valence-corrected chi connectivity index (χ1v) is 27.0. The third kappa shape index (κ3) is 48.7. The highest BCUT2D eigenvalue weighted by atomic mass is 16.6. The number of hydrogen-bond donors (Lipinski definition) is 0. The van der Waals surface area contributed by atoms with Crippen molar-refractivity contribution < 1.29 is 28.6 Å². The molecule has 0 saturated carbocycles. The van der Waals surface area contributed by atoms with Gasteiger partial charge < -0.3 is 14.2 Å². The van der Waals surface area contributed by atoms with E-state index in [1.54, 1.807) is 0 Å². The van der Waals surface area contributed by atoms with Crippen molar-refractivity contribution in [3.8, 4) is 0 Å². The molecule has 1 atom stereocenters. The van der Waals surface area contributed by atoms with Gasteiger partial charge in [-0.3, -0.25) is 14.4 Å². The quantitative estimate of drug-likeness (QED) is 0.0262. The molecule has 362 valence electrons. The minimum atomic E-state index is -0.779. The van der Waals surface area contributed by atoms with Crippen molar-refractivity contribution in [1.29, 1.82) is 0 Å². The highest BCUT2D eigenvalue weighted by Gasteiger charge is 2.19. The minimum Gasteiger partial charge on any atom is -0.462 e. The fraction of sp³-hybridized carbons (Fsp3) is 0.839. The van der Waals surface area contributed by atoms with E-state index in [-0.39, 0.29) is 31.1 Å². The minimum absolute atomic E-state index is 0.0774. The summed E-state index contributed by atoms with van der Waals surface area (Å²) in [7, 11) is 0. The number of unbranched alkanes of at least 4 members (excludes halogenated alkanes) is 32. The third-order valence-electron chi connectivity index (χ3n) is 11.9. The Bertz CT molecular complexity index is 1050. The average molecular weight is 871 g/mol. The first-order valence-electron chi connectivity index (χ1n) is 27.0. The zero-order valence-corrected chi connectivity index (χ0v) is 41.4. The van der Waals surface area contributed by atoms with Crippen LogP contribution in [0.2, 0.25) is 0 Å². The van der Waals surface area contributed by atoms with E-state index in [9.17, 15) is 14.4 Å². The third-order valence-corrected chi connectivity index (χ3v) is 11.9. The molecule has 0 aliphatic carbocycles. The molecule has 0 N–H and O–H groups in total.